The first-order valence-corrected chi connectivity index (χ1v) is 10.6. The Labute approximate surface area is 149 Å². The third-order valence-corrected chi connectivity index (χ3v) is 6.41. The normalized spacial score (nSPS) is 22.4. The Morgan fingerprint density at radius 2 is 2.22 bits per heavy atom. The third kappa shape index (κ3) is 5.68. The summed E-state index contributed by atoms with van der Waals surface area (Å²) in [4.78, 5) is 9.45. The molecule has 1 aliphatic rings. The van der Waals surface area contributed by atoms with Crippen molar-refractivity contribution in [2.75, 3.05) is 12.8 Å². The van der Waals surface area contributed by atoms with E-state index in [4.69, 9.17) is 9.98 Å². The first kappa shape index (κ1) is 18.6. The van der Waals surface area contributed by atoms with Crippen molar-refractivity contribution in [3.05, 3.63) is 16.1 Å². The highest BCUT2D eigenvalue weighted by molar-refractivity contribution is 7.99. The standard InChI is InChI=1S/C17H30N4S2/c1-6-18-16(21-12-7-8-14(9-12)22-5)19-10-13-11-23-15(20-13)17(2,3)4/h11-12,14H,6-10H2,1-5H3,(H2,18,19,21). The van der Waals surface area contributed by atoms with Gasteiger partial charge in [0.1, 0.15) is 0 Å². The molecular formula is C17H30N4S2. The van der Waals surface area contributed by atoms with Crippen molar-refractivity contribution in [3.8, 4) is 0 Å². The summed E-state index contributed by atoms with van der Waals surface area (Å²) < 4.78 is 0. The third-order valence-electron chi connectivity index (χ3n) is 4.00. The number of aromatic nitrogens is 1. The molecule has 0 aliphatic heterocycles. The average Bonchev–Trinajstić information content (AvgIpc) is 3.13. The number of aliphatic imine (C=N–C) groups is 1. The fraction of sp³-hybridized carbons (Fsp3) is 0.765. The summed E-state index contributed by atoms with van der Waals surface area (Å²) in [6.07, 6.45) is 5.98. The minimum absolute atomic E-state index is 0.117. The number of hydrogen-bond donors (Lipinski definition) is 2. The van der Waals surface area contributed by atoms with Gasteiger partial charge in [-0.25, -0.2) is 9.98 Å². The molecule has 1 aromatic heterocycles. The fourth-order valence-electron chi connectivity index (χ4n) is 2.68. The predicted octanol–water partition coefficient (Wildman–Crippen LogP) is 3.78. The van der Waals surface area contributed by atoms with Crippen molar-refractivity contribution in [1.82, 2.24) is 15.6 Å². The molecule has 1 aromatic rings. The smallest absolute Gasteiger partial charge is 0.191 e. The molecule has 130 valence electrons. The van der Waals surface area contributed by atoms with Gasteiger partial charge >= 0.3 is 0 Å². The van der Waals surface area contributed by atoms with Gasteiger partial charge in [-0.1, -0.05) is 20.8 Å². The zero-order valence-electron chi connectivity index (χ0n) is 15.0. The Bertz CT molecular complexity index is 519. The molecule has 2 N–H and O–H groups in total. The second-order valence-corrected chi connectivity index (χ2v) is 9.10. The van der Waals surface area contributed by atoms with Gasteiger partial charge < -0.3 is 10.6 Å². The van der Waals surface area contributed by atoms with E-state index in [0.29, 0.717) is 12.6 Å². The van der Waals surface area contributed by atoms with E-state index in [1.807, 2.05) is 11.8 Å². The highest BCUT2D eigenvalue weighted by Gasteiger charge is 2.24. The van der Waals surface area contributed by atoms with Crippen LogP contribution in [0.4, 0.5) is 0 Å². The Hall–Kier alpha value is -0.750. The van der Waals surface area contributed by atoms with Crippen LogP contribution in [0, 0.1) is 0 Å². The Balaban J connectivity index is 1.94. The number of thiazole rings is 1. The number of hydrogen-bond acceptors (Lipinski definition) is 4. The quantitative estimate of drug-likeness (QED) is 0.624. The number of guanidine groups is 1. The van der Waals surface area contributed by atoms with Crippen LogP contribution >= 0.6 is 23.1 Å². The summed E-state index contributed by atoms with van der Waals surface area (Å²) in [5, 5.41) is 11.1. The molecule has 1 heterocycles. The lowest BCUT2D eigenvalue weighted by Gasteiger charge is -2.17. The fourth-order valence-corrected chi connectivity index (χ4v) is 4.38. The van der Waals surface area contributed by atoms with Gasteiger partial charge in [0.25, 0.3) is 0 Å². The molecule has 1 aliphatic carbocycles. The summed E-state index contributed by atoms with van der Waals surface area (Å²) in [5.41, 5.74) is 1.18. The zero-order valence-corrected chi connectivity index (χ0v) is 16.6. The first-order valence-electron chi connectivity index (χ1n) is 8.45. The van der Waals surface area contributed by atoms with Gasteiger partial charge in [0.05, 0.1) is 17.2 Å². The second-order valence-electron chi connectivity index (χ2n) is 7.10. The summed E-state index contributed by atoms with van der Waals surface area (Å²) in [6, 6.07) is 0.547. The molecular weight excluding hydrogens is 324 g/mol. The maximum atomic E-state index is 4.73. The van der Waals surface area contributed by atoms with Crippen molar-refractivity contribution in [3.63, 3.8) is 0 Å². The molecule has 2 unspecified atom stereocenters. The molecule has 6 heteroatoms. The summed E-state index contributed by atoms with van der Waals surface area (Å²) in [5.74, 6) is 0.921. The topological polar surface area (TPSA) is 49.3 Å². The van der Waals surface area contributed by atoms with E-state index in [0.717, 1.165) is 23.4 Å². The minimum Gasteiger partial charge on any atom is -0.357 e. The van der Waals surface area contributed by atoms with Crippen LogP contribution in [0.3, 0.4) is 0 Å². The van der Waals surface area contributed by atoms with Crippen LogP contribution in [0.25, 0.3) is 0 Å². The van der Waals surface area contributed by atoms with Gasteiger partial charge in [0.2, 0.25) is 0 Å². The highest BCUT2D eigenvalue weighted by atomic mass is 32.2. The van der Waals surface area contributed by atoms with E-state index in [1.165, 1.54) is 24.3 Å². The van der Waals surface area contributed by atoms with Gasteiger partial charge in [-0.2, -0.15) is 11.8 Å². The van der Waals surface area contributed by atoms with Crippen LogP contribution in [0.5, 0.6) is 0 Å². The van der Waals surface area contributed by atoms with Crippen LogP contribution in [0.1, 0.15) is 57.7 Å². The molecule has 0 aromatic carbocycles. The van der Waals surface area contributed by atoms with Gasteiger partial charge in [-0.15, -0.1) is 11.3 Å². The molecule has 0 bridgehead atoms. The Morgan fingerprint density at radius 3 is 2.78 bits per heavy atom. The van der Waals surface area contributed by atoms with Crippen LogP contribution in [-0.2, 0) is 12.0 Å². The maximum Gasteiger partial charge on any atom is 0.191 e. The predicted molar refractivity (Wildman–Crippen MR) is 104 cm³/mol. The maximum absolute atomic E-state index is 4.73. The Kier molecular flexibility index (Phi) is 6.77. The summed E-state index contributed by atoms with van der Waals surface area (Å²) in [6.45, 7) is 10.2. The van der Waals surface area contributed by atoms with E-state index in [-0.39, 0.29) is 5.41 Å². The van der Waals surface area contributed by atoms with Gasteiger partial charge in [-0.3, -0.25) is 0 Å². The molecule has 1 saturated carbocycles. The van der Waals surface area contributed by atoms with E-state index in [2.05, 4.69) is 50.0 Å². The number of nitrogens with zero attached hydrogens (tertiary/aromatic N) is 2. The lowest BCUT2D eigenvalue weighted by molar-refractivity contribution is 0.582. The van der Waals surface area contributed by atoms with Crippen molar-refractivity contribution in [2.45, 2.75) is 70.2 Å². The van der Waals surface area contributed by atoms with E-state index in [1.54, 1.807) is 11.3 Å². The van der Waals surface area contributed by atoms with Crippen molar-refractivity contribution >= 4 is 29.1 Å². The molecule has 0 saturated heterocycles. The minimum atomic E-state index is 0.117. The first-order chi connectivity index (χ1) is 10.9. The molecule has 0 radical (unpaired) electrons. The lowest BCUT2D eigenvalue weighted by atomic mass is 9.98. The zero-order chi connectivity index (χ0) is 16.9. The van der Waals surface area contributed by atoms with Gasteiger partial charge in [0.15, 0.2) is 5.96 Å². The van der Waals surface area contributed by atoms with Crippen LogP contribution in [-0.4, -0.2) is 35.0 Å². The molecule has 23 heavy (non-hydrogen) atoms. The number of nitrogens with one attached hydrogen (secondary N) is 2. The van der Waals surface area contributed by atoms with Crippen LogP contribution in [0.15, 0.2) is 10.4 Å². The molecule has 4 nitrogen and oxygen atoms in total. The van der Waals surface area contributed by atoms with E-state index in [9.17, 15) is 0 Å². The molecule has 2 atom stereocenters. The SMILES string of the molecule is CCNC(=NCc1csc(C(C)(C)C)n1)NC1CCC(SC)C1. The van der Waals surface area contributed by atoms with E-state index >= 15 is 0 Å². The highest BCUT2D eigenvalue weighted by Crippen LogP contribution is 2.28. The molecule has 0 amide bonds. The van der Waals surface area contributed by atoms with Crippen molar-refractivity contribution in [2.24, 2.45) is 4.99 Å². The monoisotopic (exact) mass is 354 g/mol. The van der Waals surface area contributed by atoms with Crippen LogP contribution < -0.4 is 10.6 Å². The number of thioether (sulfide) groups is 1. The van der Waals surface area contributed by atoms with Gasteiger partial charge in [0, 0.05) is 28.6 Å². The summed E-state index contributed by atoms with van der Waals surface area (Å²) in [7, 11) is 0. The van der Waals surface area contributed by atoms with Crippen molar-refractivity contribution < 1.29 is 0 Å². The second kappa shape index (κ2) is 8.38. The number of rotatable bonds is 5. The summed E-state index contributed by atoms with van der Waals surface area (Å²) >= 11 is 3.72. The van der Waals surface area contributed by atoms with Crippen molar-refractivity contribution in [1.29, 1.82) is 0 Å². The van der Waals surface area contributed by atoms with Gasteiger partial charge in [-0.05, 0) is 32.4 Å². The molecule has 0 spiro atoms. The van der Waals surface area contributed by atoms with E-state index < -0.39 is 0 Å². The Morgan fingerprint density at radius 1 is 1.43 bits per heavy atom. The molecule has 2 rings (SSSR count). The largest absolute Gasteiger partial charge is 0.357 e. The van der Waals surface area contributed by atoms with Crippen LogP contribution in [0.2, 0.25) is 0 Å². The molecule has 1 fully saturated rings. The average molecular weight is 355 g/mol. The lowest BCUT2D eigenvalue weighted by Crippen LogP contribution is -2.42.